The third kappa shape index (κ3) is 3.63. The van der Waals surface area contributed by atoms with Crippen molar-refractivity contribution in [3.8, 4) is 17.1 Å². The number of hydrogen-bond donors (Lipinski definition) is 2. The van der Waals surface area contributed by atoms with E-state index in [2.05, 4.69) is 30.6 Å². The molecule has 134 valence electrons. The summed E-state index contributed by atoms with van der Waals surface area (Å²) < 4.78 is 5.09. The van der Waals surface area contributed by atoms with Crippen molar-refractivity contribution in [3.05, 3.63) is 76.8 Å². The Morgan fingerprint density at radius 2 is 2.07 bits per heavy atom. The molecule has 0 aliphatic rings. The quantitative estimate of drug-likeness (QED) is 0.539. The topological polar surface area (TPSA) is 132 Å². The number of pyridine rings is 1. The van der Waals surface area contributed by atoms with E-state index in [4.69, 9.17) is 4.52 Å². The lowest BCUT2D eigenvalue weighted by molar-refractivity contribution is 0.0941. The molecular weight excluding hydrogens is 350 g/mol. The van der Waals surface area contributed by atoms with Crippen LogP contribution in [0.4, 0.5) is 0 Å². The Labute approximate surface area is 151 Å². The fourth-order valence-electron chi connectivity index (χ4n) is 2.33. The van der Waals surface area contributed by atoms with Gasteiger partial charge in [-0.3, -0.25) is 9.59 Å². The minimum Gasteiger partial charge on any atom is -0.342 e. The van der Waals surface area contributed by atoms with E-state index >= 15 is 0 Å². The van der Waals surface area contributed by atoms with Gasteiger partial charge in [-0.1, -0.05) is 23.4 Å². The first kappa shape index (κ1) is 16.4. The molecule has 0 radical (unpaired) electrons. The number of aromatic nitrogens is 6. The van der Waals surface area contributed by atoms with Gasteiger partial charge in [0.15, 0.2) is 5.69 Å². The SMILES string of the molecule is O=C(NCc1nc(-c2cc[nH]c(=O)c2)no1)c1cnn(-c2ccccc2)n1. The zero-order valence-electron chi connectivity index (χ0n) is 13.9. The predicted molar refractivity (Wildman–Crippen MR) is 92.9 cm³/mol. The van der Waals surface area contributed by atoms with Crippen molar-refractivity contribution in [2.24, 2.45) is 0 Å². The number of amides is 1. The second-order valence-corrected chi connectivity index (χ2v) is 5.49. The van der Waals surface area contributed by atoms with Crippen molar-refractivity contribution < 1.29 is 9.32 Å². The second kappa shape index (κ2) is 7.04. The summed E-state index contributed by atoms with van der Waals surface area (Å²) >= 11 is 0. The Morgan fingerprint density at radius 1 is 1.22 bits per heavy atom. The van der Waals surface area contributed by atoms with Crippen molar-refractivity contribution in [2.45, 2.75) is 6.54 Å². The van der Waals surface area contributed by atoms with Gasteiger partial charge < -0.3 is 14.8 Å². The lowest BCUT2D eigenvalue weighted by Gasteiger charge is -1.99. The number of benzene rings is 1. The van der Waals surface area contributed by atoms with Crippen LogP contribution in [0.5, 0.6) is 0 Å². The van der Waals surface area contributed by atoms with Gasteiger partial charge in [0.25, 0.3) is 5.91 Å². The lowest BCUT2D eigenvalue weighted by Crippen LogP contribution is -2.23. The molecule has 0 bridgehead atoms. The molecule has 3 heterocycles. The van der Waals surface area contributed by atoms with Crippen LogP contribution in [0.25, 0.3) is 17.1 Å². The number of para-hydroxylation sites is 1. The van der Waals surface area contributed by atoms with Gasteiger partial charge in [-0.25, -0.2) is 0 Å². The van der Waals surface area contributed by atoms with Gasteiger partial charge in [0.1, 0.15) is 0 Å². The van der Waals surface area contributed by atoms with Crippen molar-refractivity contribution in [2.75, 3.05) is 0 Å². The molecule has 10 nitrogen and oxygen atoms in total. The number of rotatable bonds is 5. The number of nitrogens with one attached hydrogen (secondary N) is 2. The zero-order chi connectivity index (χ0) is 18.6. The predicted octanol–water partition coefficient (Wildman–Crippen LogP) is 0.936. The van der Waals surface area contributed by atoms with E-state index in [1.807, 2.05) is 30.3 Å². The largest absolute Gasteiger partial charge is 0.342 e. The molecule has 2 N–H and O–H groups in total. The highest BCUT2D eigenvalue weighted by Crippen LogP contribution is 2.12. The van der Waals surface area contributed by atoms with Gasteiger partial charge in [0.2, 0.25) is 17.3 Å². The van der Waals surface area contributed by atoms with E-state index in [0.717, 1.165) is 5.69 Å². The van der Waals surface area contributed by atoms with Gasteiger partial charge in [-0.15, -0.1) is 5.10 Å². The van der Waals surface area contributed by atoms with Gasteiger partial charge in [-0.05, 0) is 18.2 Å². The van der Waals surface area contributed by atoms with E-state index < -0.39 is 5.91 Å². The maximum absolute atomic E-state index is 12.2. The molecule has 0 fully saturated rings. The van der Waals surface area contributed by atoms with Gasteiger partial charge in [0, 0.05) is 17.8 Å². The smallest absolute Gasteiger partial charge is 0.273 e. The number of aromatic amines is 1. The molecule has 4 rings (SSSR count). The molecule has 0 aliphatic carbocycles. The third-order valence-electron chi connectivity index (χ3n) is 3.61. The summed E-state index contributed by atoms with van der Waals surface area (Å²) in [6.07, 6.45) is 2.86. The Bertz CT molecular complexity index is 1130. The first-order chi connectivity index (χ1) is 13.2. The number of H-pyrrole nitrogens is 1. The van der Waals surface area contributed by atoms with Crippen LogP contribution in [0.15, 0.2) is 64.2 Å². The average molecular weight is 363 g/mol. The lowest BCUT2D eigenvalue weighted by atomic mass is 10.2. The van der Waals surface area contributed by atoms with Crippen molar-refractivity contribution in [3.63, 3.8) is 0 Å². The molecule has 0 saturated heterocycles. The van der Waals surface area contributed by atoms with Crippen LogP contribution in [-0.4, -0.2) is 36.0 Å². The molecule has 4 aromatic rings. The summed E-state index contributed by atoms with van der Waals surface area (Å²) in [5.74, 6) is 0.0440. The fraction of sp³-hybridized carbons (Fsp3) is 0.0588. The van der Waals surface area contributed by atoms with Gasteiger partial charge in [-0.2, -0.15) is 14.9 Å². The first-order valence-electron chi connectivity index (χ1n) is 7.97. The Hall–Kier alpha value is -4.08. The van der Waals surface area contributed by atoms with E-state index in [-0.39, 0.29) is 29.5 Å². The van der Waals surface area contributed by atoms with E-state index in [1.54, 1.807) is 6.07 Å². The Morgan fingerprint density at radius 3 is 2.89 bits per heavy atom. The summed E-state index contributed by atoms with van der Waals surface area (Å²) in [6.45, 7) is 0.0211. The normalized spacial score (nSPS) is 10.7. The molecule has 1 aromatic carbocycles. The molecule has 0 aliphatic heterocycles. The number of nitrogens with zero attached hydrogens (tertiary/aromatic N) is 5. The molecule has 0 saturated carbocycles. The maximum Gasteiger partial charge on any atom is 0.273 e. The highest BCUT2D eigenvalue weighted by molar-refractivity contribution is 5.91. The second-order valence-electron chi connectivity index (χ2n) is 5.49. The highest BCUT2D eigenvalue weighted by Gasteiger charge is 2.14. The summed E-state index contributed by atoms with van der Waals surface area (Å²) in [6, 6.07) is 12.3. The van der Waals surface area contributed by atoms with Gasteiger partial charge >= 0.3 is 0 Å². The molecule has 1 amide bonds. The van der Waals surface area contributed by atoms with Crippen LogP contribution >= 0.6 is 0 Å². The monoisotopic (exact) mass is 363 g/mol. The fourth-order valence-corrected chi connectivity index (χ4v) is 2.33. The van der Waals surface area contributed by atoms with E-state index in [9.17, 15) is 9.59 Å². The van der Waals surface area contributed by atoms with Gasteiger partial charge in [0.05, 0.1) is 18.4 Å². The maximum atomic E-state index is 12.2. The third-order valence-corrected chi connectivity index (χ3v) is 3.61. The standard InChI is InChI=1S/C17H13N7O3/c25-14-8-11(6-7-18-14)16-21-15(27-23-16)10-19-17(26)13-9-20-24(22-13)12-4-2-1-3-5-12/h1-9H,10H2,(H,18,25)(H,19,26). The molecule has 0 atom stereocenters. The zero-order valence-corrected chi connectivity index (χ0v) is 13.9. The number of hydrogen-bond acceptors (Lipinski definition) is 7. The minimum absolute atomic E-state index is 0.0211. The average Bonchev–Trinajstić information content (AvgIpc) is 3.37. The van der Waals surface area contributed by atoms with Crippen molar-refractivity contribution in [1.29, 1.82) is 0 Å². The van der Waals surface area contributed by atoms with Crippen LogP contribution < -0.4 is 10.9 Å². The summed E-state index contributed by atoms with van der Waals surface area (Å²) in [4.78, 5) is 31.6. The number of carbonyl (C=O) groups excluding carboxylic acids is 1. The number of carbonyl (C=O) groups is 1. The molecule has 10 heteroatoms. The summed E-state index contributed by atoms with van der Waals surface area (Å²) in [5.41, 5.74) is 1.16. The van der Waals surface area contributed by atoms with E-state index in [0.29, 0.717) is 5.56 Å². The van der Waals surface area contributed by atoms with Crippen LogP contribution in [0, 0.1) is 0 Å². The molecular formula is C17H13N7O3. The molecule has 0 spiro atoms. The summed E-state index contributed by atoms with van der Waals surface area (Å²) in [5, 5.41) is 14.7. The van der Waals surface area contributed by atoms with Crippen LogP contribution in [0.3, 0.4) is 0 Å². The Balaban J connectivity index is 1.41. The van der Waals surface area contributed by atoms with Crippen LogP contribution in [0.1, 0.15) is 16.4 Å². The minimum atomic E-state index is -0.423. The molecule has 3 aromatic heterocycles. The highest BCUT2D eigenvalue weighted by atomic mass is 16.5. The van der Waals surface area contributed by atoms with Crippen molar-refractivity contribution >= 4 is 5.91 Å². The van der Waals surface area contributed by atoms with E-state index in [1.165, 1.54) is 23.3 Å². The molecule has 0 unspecified atom stereocenters. The van der Waals surface area contributed by atoms with Crippen molar-refractivity contribution in [1.82, 2.24) is 35.4 Å². The van der Waals surface area contributed by atoms with Crippen LogP contribution in [0.2, 0.25) is 0 Å². The van der Waals surface area contributed by atoms with Crippen LogP contribution in [-0.2, 0) is 6.54 Å². The molecule has 27 heavy (non-hydrogen) atoms. The first-order valence-corrected chi connectivity index (χ1v) is 7.97. The summed E-state index contributed by atoms with van der Waals surface area (Å²) in [7, 11) is 0. The Kier molecular flexibility index (Phi) is 4.27.